The van der Waals surface area contributed by atoms with Gasteiger partial charge in [0.05, 0.1) is 19.8 Å². The molecule has 0 amide bonds. The van der Waals surface area contributed by atoms with Crippen LogP contribution in [-0.4, -0.2) is 47.2 Å². The second-order valence-electron chi connectivity index (χ2n) is 7.76. The fraction of sp³-hybridized carbons (Fsp3) is 0.308. The van der Waals surface area contributed by atoms with Gasteiger partial charge in [0, 0.05) is 12.1 Å². The number of aliphatic hydroxyl groups is 3. The highest BCUT2D eigenvalue weighted by Gasteiger charge is 2.11. The highest BCUT2D eigenvalue weighted by atomic mass is 16.5. The summed E-state index contributed by atoms with van der Waals surface area (Å²) in [7, 11) is 1.60. The minimum Gasteiger partial charge on any atom is -0.508 e. The minimum absolute atomic E-state index is 0.0177. The second kappa shape index (κ2) is 12.2. The lowest BCUT2D eigenvalue weighted by atomic mass is 10.1. The van der Waals surface area contributed by atoms with Crippen LogP contribution < -0.4 is 14.8 Å². The third-order valence-electron chi connectivity index (χ3n) is 5.42. The van der Waals surface area contributed by atoms with Crippen LogP contribution in [0.4, 0.5) is 0 Å². The van der Waals surface area contributed by atoms with Gasteiger partial charge in [0.2, 0.25) is 0 Å². The molecule has 3 aromatic carbocycles. The predicted octanol–water partition coefficient (Wildman–Crippen LogP) is 2.87. The molecular formula is C26H31NO6. The molecule has 0 heterocycles. The van der Waals surface area contributed by atoms with E-state index in [2.05, 4.69) is 5.32 Å². The molecule has 0 radical (unpaired) electrons. The van der Waals surface area contributed by atoms with Gasteiger partial charge in [-0.3, -0.25) is 0 Å². The summed E-state index contributed by atoms with van der Waals surface area (Å²) in [5, 5.41) is 42.7. The van der Waals surface area contributed by atoms with E-state index in [1.54, 1.807) is 31.4 Å². The Balaban J connectivity index is 1.39. The molecule has 0 aliphatic rings. The van der Waals surface area contributed by atoms with Gasteiger partial charge in [-0.2, -0.15) is 0 Å². The van der Waals surface area contributed by atoms with Crippen LogP contribution in [0.2, 0.25) is 0 Å². The van der Waals surface area contributed by atoms with E-state index in [0.29, 0.717) is 30.0 Å². The smallest absolute Gasteiger partial charge is 0.121 e. The van der Waals surface area contributed by atoms with Gasteiger partial charge in [0.25, 0.3) is 0 Å². The summed E-state index contributed by atoms with van der Waals surface area (Å²) in [6, 6.07) is 19.6. The molecule has 33 heavy (non-hydrogen) atoms. The molecule has 2 atom stereocenters. The topological polar surface area (TPSA) is 111 Å². The van der Waals surface area contributed by atoms with Crippen molar-refractivity contribution >= 4 is 0 Å². The number of rotatable bonds is 12. The van der Waals surface area contributed by atoms with Gasteiger partial charge in [-0.1, -0.05) is 30.3 Å². The number of aromatic hydroxyl groups is 1. The minimum atomic E-state index is -0.733. The average Bonchev–Trinajstić information content (AvgIpc) is 2.86. The first-order valence-corrected chi connectivity index (χ1v) is 10.9. The number of hydrogen-bond donors (Lipinski definition) is 5. The molecule has 0 saturated carbocycles. The molecule has 5 N–H and O–H groups in total. The lowest BCUT2D eigenvalue weighted by molar-refractivity contribution is 0.108. The third kappa shape index (κ3) is 7.20. The SMILES string of the molecule is COc1ccc(C(O)COc2ccc(CCNCC(O)c3ccc(O)c(CO)c3)cc2)cc1. The van der Waals surface area contributed by atoms with Crippen molar-refractivity contribution in [2.45, 2.75) is 25.2 Å². The van der Waals surface area contributed by atoms with E-state index in [1.165, 1.54) is 6.07 Å². The Morgan fingerprint density at radius 1 is 0.848 bits per heavy atom. The van der Waals surface area contributed by atoms with Crippen molar-refractivity contribution in [2.24, 2.45) is 0 Å². The van der Waals surface area contributed by atoms with Crippen LogP contribution in [0.15, 0.2) is 66.7 Å². The van der Waals surface area contributed by atoms with Crippen molar-refractivity contribution in [2.75, 3.05) is 26.8 Å². The highest BCUT2D eigenvalue weighted by Crippen LogP contribution is 2.22. The van der Waals surface area contributed by atoms with Crippen LogP contribution in [0.25, 0.3) is 0 Å². The normalized spacial score (nSPS) is 12.8. The summed E-state index contributed by atoms with van der Waals surface area (Å²) in [4.78, 5) is 0. The Labute approximate surface area is 193 Å². The Kier molecular flexibility index (Phi) is 9.09. The number of aliphatic hydroxyl groups excluding tert-OH is 3. The Hall–Kier alpha value is -3.10. The van der Waals surface area contributed by atoms with Gasteiger partial charge in [0.1, 0.15) is 30.0 Å². The van der Waals surface area contributed by atoms with Crippen molar-refractivity contribution < 1.29 is 29.9 Å². The van der Waals surface area contributed by atoms with Crippen LogP contribution >= 0.6 is 0 Å². The summed E-state index contributed by atoms with van der Waals surface area (Å²) in [6.45, 7) is 0.916. The van der Waals surface area contributed by atoms with E-state index in [0.717, 1.165) is 23.3 Å². The molecule has 0 aromatic heterocycles. The maximum atomic E-state index is 10.3. The summed E-state index contributed by atoms with van der Waals surface area (Å²) in [6.07, 6.45) is -0.684. The van der Waals surface area contributed by atoms with Crippen LogP contribution in [0, 0.1) is 0 Å². The molecule has 7 nitrogen and oxygen atoms in total. The van der Waals surface area contributed by atoms with Gasteiger partial charge in [-0.05, 0) is 66.1 Å². The zero-order valence-corrected chi connectivity index (χ0v) is 18.6. The van der Waals surface area contributed by atoms with Crippen molar-refractivity contribution in [3.05, 3.63) is 89.0 Å². The van der Waals surface area contributed by atoms with Crippen LogP contribution in [-0.2, 0) is 13.0 Å². The summed E-state index contributed by atoms with van der Waals surface area (Å²) < 4.78 is 10.8. The summed E-state index contributed by atoms with van der Waals surface area (Å²) in [5.74, 6) is 1.44. The van der Waals surface area contributed by atoms with Gasteiger partial charge in [-0.15, -0.1) is 0 Å². The molecule has 7 heteroatoms. The maximum absolute atomic E-state index is 10.3. The zero-order chi connectivity index (χ0) is 23.6. The fourth-order valence-corrected chi connectivity index (χ4v) is 3.38. The Morgan fingerprint density at radius 3 is 2.18 bits per heavy atom. The number of phenols is 1. The summed E-state index contributed by atoms with van der Waals surface area (Å²) >= 11 is 0. The number of nitrogens with one attached hydrogen (secondary N) is 1. The molecule has 0 spiro atoms. The first-order chi connectivity index (χ1) is 16.0. The van der Waals surface area contributed by atoms with E-state index in [9.17, 15) is 20.4 Å². The molecule has 2 unspecified atom stereocenters. The molecule has 3 aromatic rings. The number of ether oxygens (including phenoxy) is 2. The van der Waals surface area contributed by atoms with E-state index in [1.807, 2.05) is 36.4 Å². The number of benzene rings is 3. The predicted molar refractivity (Wildman–Crippen MR) is 125 cm³/mol. The maximum Gasteiger partial charge on any atom is 0.121 e. The molecule has 0 aliphatic carbocycles. The van der Waals surface area contributed by atoms with E-state index in [-0.39, 0.29) is 19.0 Å². The van der Waals surface area contributed by atoms with Crippen molar-refractivity contribution in [1.82, 2.24) is 5.32 Å². The largest absolute Gasteiger partial charge is 0.508 e. The lowest BCUT2D eigenvalue weighted by Crippen LogP contribution is -2.23. The lowest BCUT2D eigenvalue weighted by Gasteiger charge is -2.14. The highest BCUT2D eigenvalue weighted by molar-refractivity contribution is 5.36. The van der Waals surface area contributed by atoms with E-state index in [4.69, 9.17) is 9.47 Å². The Bertz CT molecular complexity index is 991. The van der Waals surface area contributed by atoms with E-state index >= 15 is 0 Å². The van der Waals surface area contributed by atoms with Crippen LogP contribution in [0.5, 0.6) is 17.2 Å². The van der Waals surface area contributed by atoms with Crippen molar-refractivity contribution in [3.63, 3.8) is 0 Å². The third-order valence-corrected chi connectivity index (χ3v) is 5.42. The first-order valence-electron chi connectivity index (χ1n) is 10.9. The van der Waals surface area contributed by atoms with Crippen LogP contribution in [0.3, 0.4) is 0 Å². The Morgan fingerprint density at radius 2 is 1.52 bits per heavy atom. The molecule has 176 valence electrons. The average molecular weight is 454 g/mol. The van der Waals surface area contributed by atoms with Gasteiger partial charge in [-0.25, -0.2) is 0 Å². The quantitative estimate of drug-likeness (QED) is 0.268. The molecule has 0 fully saturated rings. The number of methoxy groups -OCH3 is 1. The zero-order valence-electron chi connectivity index (χ0n) is 18.6. The first kappa shape index (κ1) is 24.5. The molecular weight excluding hydrogens is 422 g/mol. The molecule has 0 aliphatic heterocycles. The molecule has 0 saturated heterocycles. The summed E-state index contributed by atoms with van der Waals surface area (Å²) in [5.41, 5.74) is 2.92. The van der Waals surface area contributed by atoms with E-state index < -0.39 is 12.2 Å². The van der Waals surface area contributed by atoms with Gasteiger partial charge in [0.15, 0.2) is 0 Å². The van der Waals surface area contributed by atoms with Crippen LogP contribution in [0.1, 0.15) is 34.5 Å². The van der Waals surface area contributed by atoms with Gasteiger partial charge >= 0.3 is 0 Å². The molecule has 0 bridgehead atoms. The van der Waals surface area contributed by atoms with Crippen molar-refractivity contribution in [1.29, 1.82) is 0 Å². The standard InChI is InChI=1S/C26H31NO6/c1-32-22-9-4-19(5-10-22)26(31)17-33-23-7-2-18(3-8-23)12-13-27-15-25(30)20-6-11-24(29)21(14-20)16-28/h2-11,14,25-31H,12-13,15-17H2,1H3. The van der Waals surface area contributed by atoms with Gasteiger partial charge < -0.3 is 35.2 Å². The second-order valence-corrected chi connectivity index (χ2v) is 7.76. The molecule has 3 rings (SSSR count). The number of hydrogen-bond acceptors (Lipinski definition) is 7. The van der Waals surface area contributed by atoms with Crippen molar-refractivity contribution in [3.8, 4) is 17.2 Å². The fourth-order valence-electron chi connectivity index (χ4n) is 3.38. The monoisotopic (exact) mass is 453 g/mol.